The van der Waals surface area contributed by atoms with Crippen LogP contribution in [0.25, 0.3) is 0 Å². The van der Waals surface area contributed by atoms with Gasteiger partial charge in [-0.2, -0.15) is 0 Å². The minimum Gasteiger partial charge on any atom is 0 e. The fourth-order valence-corrected chi connectivity index (χ4v) is 0. The molecular formula is H2BaFGdZr. The zero-order chi connectivity index (χ0) is 2.00. The van der Waals surface area contributed by atoms with Crippen LogP contribution in [0.1, 0.15) is 0 Å². The third-order valence-electron chi connectivity index (χ3n) is 0. The zero-order valence-electron chi connectivity index (χ0n) is 1.23. The third-order valence-corrected chi connectivity index (χ3v) is 0. The standard InChI is InChI=1S/Ba.FH.Gd.Zr.2H/h;1H;;;;/q;;+1;;;/p-1. The summed E-state index contributed by atoms with van der Waals surface area (Å²) in [5.74, 6) is 0. The second kappa shape index (κ2) is 15.9. The molecule has 0 radical (unpaired) electrons. The van der Waals surface area contributed by atoms with E-state index in [4.69, 9.17) is 0 Å². The van der Waals surface area contributed by atoms with Gasteiger partial charge in [0.15, 0.2) is 0 Å². The van der Waals surface area contributed by atoms with Gasteiger partial charge >= 0.3 is 88.7 Å². The van der Waals surface area contributed by atoms with E-state index < -0.39 is 0 Å². The van der Waals surface area contributed by atoms with Gasteiger partial charge in [0, 0.05) is 26.2 Å². The molecule has 0 heterocycles. The first-order valence-electron chi connectivity index (χ1n) is 0.134. The molecule has 0 saturated heterocycles. The number of hydrogen-bond acceptors (Lipinski definition) is 0. The smallest absolute Gasteiger partial charge is 0 e. The Kier molecular flexibility index (Phi) is 62.2. The van der Waals surface area contributed by atoms with E-state index in [-0.39, 0.29) is 75.1 Å². The third kappa shape index (κ3) is 9.20. The predicted molar refractivity (Wildman–Crippen MR) is 9.65 cm³/mol. The molecule has 0 saturated carbocycles. The summed E-state index contributed by atoms with van der Waals surface area (Å²) < 4.78 is 9.53. The van der Waals surface area contributed by atoms with Crippen molar-refractivity contribution < 1.29 is 66.0 Å². The largest absolute Gasteiger partial charge is 0 e. The maximum absolute atomic E-state index is 9.53. The second-order valence-electron chi connectivity index (χ2n) is 0. The molecule has 0 unspecified atom stereocenters. The normalized spacial score (nSPS) is 1.50. The average molecular weight is 407 g/mol. The minimum absolute atomic E-state index is 0. The van der Waals surface area contributed by atoms with Crippen LogP contribution in [-0.4, -0.2) is 48.9 Å². The minimum atomic E-state index is 0. The molecule has 0 rings (SSSR count). The van der Waals surface area contributed by atoms with E-state index in [2.05, 4.69) is 0 Å². The Morgan fingerprint density at radius 2 is 1.25 bits per heavy atom. The van der Waals surface area contributed by atoms with Crippen molar-refractivity contribution in [2.45, 2.75) is 0 Å². The fourth-order valence-electron chi connectivity index (χ4n) is 0. The Labute approximate surface area is 111 Å². The van der Waals surface area contributed by atoms with Crippen LogP contribution < -0.4 is 0 Å². The van der Waals surface area contributed by atoms with Crippen molar-refractivity contribution in [2.24, 2.45) is 0 Å². The Hall–Kier alpha value is 3.71. The van der Waals surface area contributed by atoms with Gasteiger partial charge in [0.1, 0.15) is 0 Å². The quantitative estimate of drug-likeness (QED) is 0.476. The van der Waals surface area contributed by atoms with Crippen molar-refractivity contribution >= 4 is 48.9 Å². The summed E-state index contributed by atoms with van der Waals surface area (Å²) in [4.78, 5) is 0. The van der Waals surface area contributed by atoms with Crippen molar-refractivity contribution in [1.82, 2.24) is 0 Å². The molecule has 0 fully saturated rings. The van der Waals surface area contributed by atoms with E-state index in [1.807, 2.05) is 0 Å². The van der Waals surface area contributed by atoms with Gasteiger partial charge in [-0.15, -0.1) is 0 Å². The SMILES string of the molecule is [BaH2].[F][Gd].[Zr]. The van der Waals surface area contributed by atoms with E-state index in [0.717, 1.165) is 0 Å². The summed E-state index contributed by atoms with van der Waals surface area (Å²) in [5, 5.41) is 0. The Morgan fingerprint density at radius 3 is 1.25 bits per heavy atom. The molecule has 4 heavy (non-hydrogen) atoms. The van der Waals surface area contributed by atoms with Crippen molar-refractivity contribution in [2.75, 3.05) is 0 Å². The first kappa shape index (κ1) is 15.6. The predicted octanol–water partition coefficient (Wildman–Crippen LogP) is -0.498. The van der Waals surface area contributed by atoms with Gasteiger partial charge in [0.05, 0.1) is 0 Å². The van der Waals surface area contributed by atoms with Gasteiger partial charge in [-0.25, -0.2) is 0 Å². The summed E-state index contributed by atoms with van der Waals surface area (Å²) in [6.07, 6.45) is 0. The maximum atomic E-state index is 9.53. The summed E-state index contributed by atoms with van der Waals surface area (Å²) in [5.41, 5.74) is 0. The Morgan fingerprint density at radius 1 is 1.25 bits per heavy atom. The summed E-state index contributed by atoms with van der Waals surface area (Å²) >= 11 is 0.361. The molecule has 0 bridgehead atoms. The van der Waals surface area contributed by atoms with E-state index in [9.17, 15) is 1.12 Å². The Balaban J connectivity index is -0.00000000500. The second-order valence-corrected chi connectivity index (χ2v) is 0. The van der Waals surface area contributed by atoms with Gasteiger partial charge in [0.25, 0.3) is 0 Å². The summed E-state index contributed by atoms with van der Waals surface area (Å²) in [6, 6.07) is 0. The molecule has 0 nitrogen and oxygen atoms in total. The van der Waals surface area contributed by atoms with Crippen LogP contribution in [0, 0.1) is 38.7 Å². The molecule has 0 aliphatic carbocycles. The van der Waals surface area contributed by atoms with Crippen LogP contribution >= 0.6 is 0 Å². The van der Waals surface area contributed by atoms with Crippen molar-refractivity contribution in [3.8, 4) is 0 Å². The molecular weight excluding hydrogens is 405 g/mol. The topological polar surface area (TPSA) is 0 Å². The van der Waals surface area contributed by atoms with Crippen LogP contribution in [-0.2, 0) is 26.2 Å². The number of rotatable bonds is 0. The van der Waals surface area contributed by atoms with Crippen LogP contribution in [0.5, 0.6) is 0 Å². The molecule has 4 heteroatoms. The summed E-state index contributed by atoms with van der Waals surface area (Å²) in [7, 11) is 0. The molecule has 0 aliphatic heterocycles. The maximum Gasteiger partial charge on any atom is 0 e. The Bertz CT molecular complexity index is 8.00. The molecule has 0 amide bonds. The van der Waals surface area contributed by atoms with Gasteiger partial charge in [-0.05, 0) is 0 Å². The number of hydrogen-bond donors (Lipinski definition) is 0. The number of halogens is 1. The van der Waals surface area contributed by atoms with Gasteiger partial charge in [-0.3, -0.25) is 0 Å². The average Bonchev–Trinajstić information content (AvgIpc) is 1.00. The first-order valence-corrected chi connectivity index (χ1v) is 0.991. The molecule has 0 aromatic heterocycles. The van der Waals surface area contributed by atoms with Crippen LogP contribution in [0.4, 0.5) is 1.12 Å². The van der Waals surface area contributed by atoms with Gasteiger partial charge < -0.3 is 0 Å². The molecule has 0 aliphatic rings. The van der Waals surface area contributed by atoms with Crippen molar-refractivity contribution in [3.05, 3.63) is 0 Å². The van der Waals surface area contributed by atoms with Gasteiger partial charge in [-0.1, -0.05) is 0 Å². The molecule has 0 aromatic carbocycles. The van der Waals surface area contributed by atoms with Crippen LogP contribution in [0.2, 0.25) is 0 Å². The van der Waals surface area contributed by atoms with Crippen molar-refractivity contribution in [1.29, 1.82) is 0 Å². The molecule has 0 N–H and O–H groups in total. The van der Waals surface area contributed by atoms with E-state index in [1.165, 1.54) is 0 Å². The van der Waals surface area contributed by atoms with Crippen molar-refractivity contribution in [3.63, 3.8) is 0 Å². The monoisotopic (exact) mass is 407 g/mol. The van der Waals surface area contributed by atoms with E-state index in [0.29, 0.717) is 38.7 Å². The molecule has 0 spiro atoms. The van der Waals surface area contributed by atoms with E-state index in [1.54, 1.807) is 0 Å². The first-order chi connectivity index (χ1) is 1.00. The molecule has 0 atom stereocenters. The zero-order valence-corrected chi connectivity index (χ0v) is 5.96. The van der Waals surface area contributed by atoms with Crippen LogP contribution in [0.15, 0.2) is 0 Å². The van der Waals surface area contributed by atoms with E-state index >= 15 is 0 Å². The molecule has 23 valence electrons. The van der Waals surface area contributed by atoms with Crippen LogP contribution in [0.3, 0.4) is 0 Å². The van der Waals surface area contributed by atoms with Gasteiger partial charge in [0.2, 0.25) is 0 Å². The molecule has 0 aromatic rings. The fraction of sp³-hybridized carbons (Fsp3) is 0. The summed E-state index contributed by atoms with van der Waals surface area (Å²) in [6.45, 7) is 0.